The number of nitrogens with zero attached hydrogens (tertiary/aromatic N) is 3. The van der Waals surface area contributed by atoms with Gasteiger partial charge in [0.2, 0.25) is 11.1 Å². The SMILES string of the molecule is CC(NC(=O)CSc1nnc(-c2ccccc2Cl)n1N)c1cccs1. The molecular formula is C16H16ClN5OS2. The van der Waals surface area contributed by atoms with E-state index in [4.69, 9.17) is 17.4 Å². The molecule has 1 amide bonds. The molecule has 130 valence electrons. The minimum absolute atomic E-state index is 0.0254. The summed E-state index contributed by atoms with van der Waals surface area (Å²) in [6.45, 7) is 1.95. The number of rotatable bonds is 6. The summed E-state index contributed by atoms with van der Waals surface area (Å²) < 4.78 is 1.35. The number of thiophene rings is 1. The van der Waals surface area contributed by atoms with Crippen LogP contribution in [0.1, 0.15) is 17.8 Å². The normalized spacial score (nSPS) is 12.1. The van der Waals surface area contributed by atoms with Crippen molar-refractivity contribution in [2.75, 3.05) is 11.6 Å². The molecule has 0 aliphatic carbocycles. The topological polar surface area (TPSA) is 85.8 Å². The molecule has 0 radical (unpaired) electrons. The van der Waals surface area contributed by atoms with E-state index in [1.807, 2.05) is 42.6 Å². The molecule has 0 aliphatic rings. The minimum Gasteiger partial charge on any atom is -0.348 e. The van der Waals surface area contributed by atoms with E-state index >= 15 is 0 Å². The minimum atomic E-state index is -0.0896. The van der Waals surface area contributed by atoms with E-state index in [1.54, 1.807) is 17.4 Å². The fraction of sp³-hybridized carbons (Fsp3) is 0.188. The standard InChI is InChI=1S/C16H16ClN5OS2/c1-10(13-7-4-8-24-13)19-14(23)9-25-16-21-20-15(22(16)18)11-5-2-3-6-12(11)17/h2-8,10H,9,18H2,1H3,(H,19,23). The van der Waals surface area contributed by atoms with Crippen molar-refractivity contribution in [3.63, 3.8) is 0 Å². The predicted octanol–water partition coefficient (Wildman–Crippen LogP) is 3.34. The van der Waals surface area contributed by atoms with Gasteiger partial charge < -0.3 is 11.2 Å². The first-order chi connectivity index (χ1) is 12.1. The number of nitrogens with one attached hydrogen (secondary N) is 1. The van der Waals surface area contributed by atoms with Gasteiger partial charge in [0.1, 0.15) is 0 Å². The third-order valence-corrected chi connectivity index (χ3v) is 5.79. The number of carbonyl (C=O) groups excluding carboxylic acids is 1. The predicted molar refractivity (Wildman–Crippen MR) is 102 cm³/mol. The Balaban J connectivity index is 1.62. The molecular weight excluding hydrogens is 378 g/mol. The summed E-state index contributed by atoms with van der Waals surface area (Å²) >= 11 is 9.01. The number of aromatic nitrogens is 3. The Hall–Kier alpha value is -2.03. The lowest BCUT2D eigenvalue weighted by Gasteiger charge is -2.11. The highest BCUT2D eigenvalue weighted by Gasteiger charge is 2.16. The monoisotopic (exact) mass is 393 g/mol. The average molecular weight is 394 g/mol. The van der Waals surface area contributed by atoms with Crippen molar-refractivity contribution in [2.24, 2.45) is 0 Å². The molecule has 0 bridgehead atoms. The molecule has 0 fully saturated rings. The van der Waals surface area contributed by atoms with Gasteiger partial charge in [0.15, 0.2) is 5.82 Å². The van der Waals surface area contributed by atoms with Crippen molar-refractivity contribution in [1.82, 2.24) is 20.2 Å². The summed E-state index contributed by atoms with van der Waals surface area (Å²) in [6.07, 6.45) is 0. The van der Waals surface area contributed by atoms with Crippen LogP contribution in [-0.4, -0.2) is 26.5 Å². The number of nitrogens with two attached hydrogens (primary N) is 1. The van der Waals surface area contributed by atoms with E-state index in [1.165, 1.54) is 16.4 Å². The van der Waals surface area contributed by atoms with Gasteiger partial charge >= 0.3 is 0 Å². The van der Waals surface area contributed by atoms with Crippen LogP contribution in [0.3, 0.4) is 0 Å². The van der Waals surface area contributed by atoms with Gasteiger partial charge in [-0.25, -0.2) is 4.68 Å². The van der Waals surface area contributed by atoms with Gasteiger partial charge in [0.05, 0.1) is 16.8 Å². The molecule has 9 heteroatoms. The van der Waals surface area contributed by atoms with Crippen LogP contribution in [0.15, 0.2) is 46.9 Å². The molecule has 1 aromatic carbocycles. The van der Waals surface area contributed by atoms with E-state index in [2.05, 4.69) is 15.5 Å². The van der Waals surface area contributed by atoms with Crippen LogP contribution in [0, 0.1) is 0 Å². The van der Waals surface area contributed by atoms with Crippen molar-refractivity contribution in [3.05, 3.63) is 51.7 Å². The summed E-state index contributed by atoms with van der Waals surface area (Å²) in [5, 5.41) is 14.1. The largest absolute Gasteiger partial charge is 0.348 e. The number of amides is 1. The van der Waals surface area contributed by atoms with Gasteiger partial charge in [0.25, 0.3) is 0 Å². The zero-order valence-electron chi connectivity index (χ0n) is 13.3. The van der Waals surface area contributed by atoms with Crippen molar-refractivity contribution >= 4 is 40.6 Å². The highest BCUT2D eigenvalue weighted by Crippen LogP contribution is 2.27. The Kier molecular flexibility index (Phi) is 5.62. The Morgan fingerprint density at radius 2 is 2.16 bits per heavy atom. The van der Waals surface area contributed by atoms with E-state index in [9.17, 15) is 4.79 Å². The molecule has 1 unspecified atom stereocenters. The smallest absolute Gasteiger partial charge is 0.230 e. The average Bonchev–Trinajstić information content (AvgIpc) is 3.24. The van der Waals surface area contributed by atoms with Crippen LogP contribution in [0.4, 0.5) is 0 Å². The Bertz CT molecular complexity index is 865. The van der Waals surface area contributed by atoms with Gasteiger partial charge in [-0.05, 0) is 30.5 Å². The molecule has 2 aromatic heterocycles. The molecule has 1 atom stereocenters. The second-order valence-corrected chi connectivity index (χ2v) is 7.58. The molecule has 0 saturated heterocycles. The number of benzene rings is 1. The van der Waals surface area contributed by atoms with Crippen LogP contribution in [0.2, 0.25) is 5.02 Å². The third-order valence-electron chi connectivity index (χ3n) is 3.46. The number of halogens is 1. The summed E-state index contributed by atoms with van der Waals surface area (Å²) in [5.74, 6) is 6.62. The maximum absolute atomic E-state index is 12.1. The van der Waals surface area contributed by atoms with Gasteiger partial charge in [-0.3, -0.25) is 4.79 Å². The number of hydrogen-bond donors (Lipinski definition) is 2. The molecule has 3 N–H and O–H groups in total. The van der Waals surface area contributed by atoms with E-state index in [0.717, 1.165) is 4.88 Å². The van der Waals surface area contributed by atoms with Crippen LogP contribution in [0.25, 0.3) is 11.4 Å². The third kappa shape index (κ3) is 4.15. The van der Waals surface area contributed by atoms with E-state index in [0.29, 0.717) is 21.6 Å². The Morgan fingerprint density at radius 3 is 2.88 bits per heavy atom. The van der Waals surface area contributed by atoms with Crippen molar-refractivity contribution in [3.8, 4) is 11.4 Å². The van der Waals surface area contributed by atoms with Crippen molar-refractivity contribution in [1.29, 1.82) is 0 Å². The van der Waals surface area contributed by atoms with Crippen LogP contribution in [-0.2, 0) is 4.79 Å². The molecule has 0 aliphatic heterocycles. The number of carbonyl (C=O) groups is 1. The highest BCUT2D eigenvalue weighted by molar-refractivity contribution is 7.99. The van der Waals surface area contributed by atoms with Crippen LogP contribution < -0.4 is 11.2 Å². The summed E-state index contributed by atoms with van der Waals surface area (Å²) in [5.41, 5.74) is 0.696. The number of thioether (sulfide) groups is 1. The van der Waals surface area contributed by atoms with Crippen LogP contribution in [0.5, 0.6) is 0 Å². The lowest BCUT2D eigenvalue weighted by Crippen LogP contribution is -2.28. The first-order valence-electron chi connectivity index (χ1n) is 7.47. The molecule has 0 saturated carbocycles. The maximum atomic E-state index is 12.1. The summed E-state index contributed by atoms with van der Waals surface area (Å²) in [7, 11) is 0. The molecule has 6 nitrogen and oxygen atoms in total. The fourth-order valence-corrected chi connectivity index (χ4v) is 3.85. The fourth-order valence-electron chi connectivity index (χ4n) is 2.22. The highest BCUT2D eigenvalue weighted by atomic mass is 35.5. The second kappa shape index (κ2) is 7.90. The lowest BCUT2D eigenvalue weighted by molar-refractivity contribution is -0.119. The van der Waals surface area contributed by atoms with Crippen molar-refractivity contribution < 1.29 is 4.79 Å². The van der Waals surface area contributed by atoms with Gasteiger partial charge in [-0.2, -0.15) is 0 Å². The molecule has 2 heterocycles. The number of nitrogen functional groups attached to an aromatic ring is 1. The first-order valence-corrected chi connectivity index (χ1v) is 9.71. The van der Waals surface area contributed by atoms with E-state index in [-0.39, 0.29) is 17.7 Å². The lowest BCUT2D eigenvalue weighted by atomic mass is 10.2. The van der Waals surface area contributed by atoms with Gasteiger partial charge in [0, 0.05) is 10.4 Å². The zero-order chi connectivity index (χ0) is 17.8. The first kappa shape index (κ1) is 17.8. The maximum Gasteiger partial charge on any atom is 0.230 e. The van der Waals surface area contributed by atoms with Gasteiger partial charge in [-0.1, -0.05) is 41.6 Å². The molecule has 25 heavy (non-hydrogen) atoms. The van der Waals surface area contributed by atoms with Crippen LogP contribution >= 0.6 is 34.7 Å². The van der Waals surface area contributed by atoms with E-state index < -0.39 is 0 Å². The zero-order valence-corrected chi connectivity index (χ0v) is 15.7. The molecule has 3 aromatic rings. The van der Waals surface area contributed by atoms with Crippen molar-refractivity contribution in [2.45, 2.75) is 18.1 Å². The second-order valence-electron chi connectivity index (χ2n) is 5.25. The molecule has 3 rings (SSSR count). The Morgan fingerprint density at radius 1 is 1.36 bits per heavy atom. The Labute approximate surface area is 158 Å². The molecule has 0 spiro atoms. The van der Waals surface area contributed by atoms with Gasteiger partial charge in [-0.15, -0.1) is 21.5 Å². The quantitative estimate of drug-likeness (QED) is 0.495. The number of hydrogen-bond acceptors (Lipinski definition) is 6. The summed E-state index contributed by atoms with van der Waals surface area (Å²) in [4.78, 5) is 13.2. The summed E-state index contributed by atoms with van der Waals surface area (Å²) in [6, 6.07) is 11.2.